The Morgan fingerprint density at radius 2 is 1.92 bits per heavy atom. The molecule has 0 radical (unpaired) electrons. The van der Waals surface area contributed by atoms with Crippen molar-refractivity contribution in [1.29, 1.82) is 0 Å². The average Bonchev–Trinajstić information content (AvgIpc) is 3.29. The van der Waals surface area contributed by atoms with Crippen LogP contribution in [0.2, 0.25) is 0 Å². The number of hydrogen-bond acceptors (Lipinski definition) is 7. The fraction of sp³-hybridized carbons (Fsp3) is 0.464. The van der Waals surface area contributed by atoms with Crippen molar-refractivity contribution in [2.75, 3.05) is 62.7 Å². The first-order valence-electron chi connectivity index (χ1n) is 13.0. The smallest absolute Gasteiger partial charge is 0.414 e. The van der Waals surface area contributed by atoms with Gasteiger partial charge in [-0.15, -0.1) is 0 Å². The highest BCUT2D eigenvalue weighted by Gasteiger charge is 2.34. The first-order chi connectivity index (χ1) is 18.3. The van der Waals surface area contributed by atoms with Crippen LogP contribution in [0.25, 0.3) is 0 Å². The van der Waals surface area contributed by atoms with Crippen molar-refractivity contribution in [3.05, 3.63) is 53.3 Å². The van der Waals surface area contributed by atoms with Gasteiger partial charge in [0.15, 0.2) is 5.78 Å². The number of amides is 2. The third-order valence-electron chi connectivity index (χ3n) is 7.60. The van der Waals surface area contributed by atoms with Gasteiger partial charge in [-0.2, -0.15) is 0 Å². The van der Waals surface area contributed by atoms with Crippen LogP contribution in [0.1, 0.15) is 29.3 Å². The molecule has 2 aliphatic heterocycles. The van der Waals surface area contributed by atoms with Gasteiger partial charge < -0.3 is 19.7 Å². The lowest BCUT2D eigenvalue weighted by atomic mass is 9.82. The molecule has 1 aliphatic carbocycles. The molecule has 10 heteroatoms. The highest BCUT2D eigenvalue weighted by atomic mass is 19.1. The minimum atomic E-state index is -0.555. The molecule has 2 amide bonds. The third kappa shape index (κ3) is 5.45. The Kier molecular flexibility index (Phi) is 7.51. The van der Waals surface area contributed by atoms with Gasteiger partial charge in [-0.25, -0.2) is 9.18 Å². The molecule has 5 rings (SSSR count). The number of benzene rings is 2. The zero-order chi connectivity index (χ0) is 26.8. The molecule has 2 unspecified atom stereocenters. The van der Waals surface area contributed by atoms with Crippen molar-refractivity contribution in [3.8, 4) is 5.75 Å². The normalized spacial score (nSPS) is 21.8. The van der Waals surface area contributed by atoms with E-state index < -0.39 is 18.0 Å². The number of nitrogens with zero attached hydrogens (tertiary/aromatic N) is 3. The van der Waals surface area contributed by atoms with E-state index in [1.165, 1.54) is 17.9 Å². The fourth-order valence-electron chi connectivity index (χ4n) is 5.50. The largest absolute Gasteiger partial charge is 0.497 e. The average molecular weight is 525 g/mol. The zero-order valence-electron chi connectivity index (χ0n) is 21.7. The van der Waals surface area contributed by atoms with Gasteiger partial charge in [0.1, 0.15) is 17.7 Å². The first kappa shape index (κ1) is 26.0. The second kappa shape index (κ2) is 11.0. The molecule has 1 N–H and O–H groups in total. The monoisotopic (exact) mass is 524 g/mol. The van der Waals surface area contributed by atoms with E-state index in [2.05, 4.69) is 10.2 Å². The maximum Gasteiger partial charge on any atom is 0.414 e. The number of carbonyl (C=O) groups excluding carboxylic acids is 3. The van der Waals surface area contributed by atoms with E-state index in [9.17, 15) is 14.4 Å². The fourth-order valence-corrected chi connectivity index (χ4v) is 5.50. The van der Waals surface area contributed by atoms with Crippen molar-refractivity contribution in [1.82, 2.24) is 10.2 Å². The van der Waals surface area contributed by atoms with Crippen LogP contribution in [0.3, 0.4) is 0 Å². The summed E-state index contributed by atoms with van der Waals surface area (Å²) in [6, 6.07) is 10.5. The van der Waals surface area contributed by atoms with Gasteiger partial charge in [-0.1, -0.05) is 0 Å². The van der Waals surface area contributed by atoms with E-state index in [0.717, 1.165) is 42.8 Å². The predicted octanol–water partition coefficient (Wildman–Crippen LogP) is 2.86. The number of ketones is 1. The molecule has 38 heavy (non-hydrogen) atoms. The first-order valence-corrected chi connectivity index (χ1v) is 13.0. The summed E-state index contributed by atoms with van der Waals surface area (Å²) >= 11 is 0. The third-order valence-corrected chi connectivity index (χ3v) is 7.60. The van der Waals surface area contributed by atoms with Crippen molar-refractivity contribution in [2.24, 2.45) is 5.92 Å². The number of fused-ring (bicyclic) bond motifs is 1. The molecule has 2 aromatic carbocycles. The van der Waals surface area contributed by atoms with Gasteiger partial charge in [0, 0.05) is 51.1 Å². The summed E-state index contributed by atoms with van der Waals surface area (Å²) in [5.74, 6) is 0.332. The Morgan fingerprint density at radius 3 is 2.63 bits per heavy atom. The Hall–Kier alpha value is -3.66. The van der Waals surface area contributed by atoms with Gasteiger partial charge in [0.25, 0.3) is 0 Å². The number of Topliss-reactive ketones (excluding diaryl/α,β-unsaturated/α-hetero) is 1. The summed E-state index contributed by atoms with van der Waals surface area (Å²) in [4.78, 5) is 42.2. The number of aryl methyl sites for hydroxylation is 1. The lowest BCUT2D eigenvalue weighted by Gasteiger charge is -2.38. The number of piperazine rings is 1. The number of ether oxygens (including phenoxy) is 2. The molecular weight excluding hydrogens is 491 g/mol. The lowest BCUT2D eigenvalue weighted by Crippen LogP contribution is -2.49. The highest BCUT2D eigenvalue weighted by molar-refractivity contribution is 6.00. The molecule has 0 aromatic heterocycles. The van der Waals surface area contributed by atoms with E-state index in [-0.39, 0.29) is 30.7 Å². The molecule has 0 spiro atoms. The topological polar surface area (TPSA) is 91.4 Å². The number of cyclic esters (lactones) is 1. The quantitative estimate of drug-likeness (QED) is 0.596. The number of methoxy groups -OCH3 is 1. The molecule has 9 nitrogen and oxygen atoms in total. The van der Waals surface area contributed by atoms with Crippen molar-refractivity contribution in [3.63, 3.8) is 0 Å². The number of carbonyl (C=O) groups is 3. The standard InChI is InChI=1S/C28H33FN4O5/c1-18(34)30-15-23-17-33(28(36)38-23)21-5-8-26(25(29)14-21)32-11-9-31(10-12-32)16-20-4-3-19-13-22(37-2)6-7-24(19)27(20)35/h5-8,13-14,20,23H,3-4,9-12,15-17H2,1-2H3,(H,30,34). The molecule has 2 atom stereocenters. The Morgan fingerprint density at radius 1 is 1.13 bits per heavy atom. The van der Waals surface area contributed by atoms with Gasteiger partial charge in [-0.05, 0) is 54.8 Å². The summed E-state index contributed by atoms with van der Waals surface area (Å²) in [6.45, 7) is 5.34. The van der Waals surface area contributed by atoms with Crippen LogP contribution >= 0.6 is 0 Å². The summed E-state index contributed by atoms with van der Waals surface area (Å²) in [7, 11) is 1.63. The van der Waals surface area contributed by atoms with E-state index >= 15 is 4.39 Å². The Bertz CT molecular complexity index is 1230. The number of anilines is 2. The van der Waals surface area contributed by atoms with Gasteiger partial charge in [0.05, 0.1) is 31.6 Å². The number of hydrogen-bond donors (Lipinski definition) is 1. The van der Waals surface area contributed by atoms with Crippen LogP contribution in [-0.4, -0.2) is 81.7 Å². The minimum Gasteiger partial charge on any atom is -0.497 e. The molecule has 2 fully saturated rings. The molecule has 2 aromatic rings. The molecule has 2 heterocycles. The second-order valence-corrected chi connectivity index (χ2v) is 10.1. The van der Waals surface area contributed by atoms with Gasteiger partial charge in [-0.3, -0.25) is 19.4 Å². The molecular formula is C28H33FN4O5. The van der Waals surface area contributed by atoms with Crippen molar-refractivity contribution in [2.45, 2.75) is 25.9 Å². The Balaban J connectivity index is 1.15. The number of halogens is 1. The number of rotatable bonds is 7. The van der Waals surface area contributed by atoms with Crippen LogP contribution in [0, 0.1) is 11.7 Å². The van der Waals surface area contributed by atoms with Gasteiger partial charge >= 0.3 is 6.09 Å². The van der Waals surface area contributed by atoms with Crippen molar-refractivity contribution < 1.29 is 28.2 Å². The molecule has 0 saturated carbocycles. The summed E-state index contributed by atoms with van der Waals surface area (Å²) in [5.41, 5.74) is 2.77. The van der Waals surface area contributed by atoms with Crippen LogP contribution in [0.4, 0.5) is 20.6 Å². The van der Waals surface area contributed by atoms with Crippen LogP contribution in [-0.2, 0) is 16.0 Å². The van der Waals surface area contributed by atoms with Crippen LogP contribution < -0.4 is 19.9 Å². The van der Waals surface area contributed by atoms with Crippen molar-refractivity contribution >= 4 is 29.2 Å². The van der Waals surface area contributed by atoms with E-state index in [1.54, 1.807) is 19.2 Å². The van der Waals surface area contributed by atoms with Crippen LogP contribution in [0.5, 0.6) is 5.75 Å². The zero-order valence-corrected chi connectivity index (χ0v) is 21.7. The minimum absolute atomic E-state index is 0.0341. The summed E-state index contributed by atoms with van der Waals surface area (Å²) < 4.78 is 25.7. The maximum absolute atomic E-state index is 15.1. The van der Waals surface area contributed by atoms with E-state index in [4.69, 9.17) is 9.47 Å². The SMILES string of the molecule is COc1ccc2c(c1)CCC(CN1CCN(c3ccc(N4CC(CNC(C)=O)OC4=O)cc3F)CC1)C2=O. The van der Waals surface area contributed by atoms with Crippen LogP contribution in [0.15, 0.2) is 36.4 Å². The summed E-state index contributed by atoms with van der Waals surface area (Å²) in [6.07, 6.45) is 0.647. The van der Waals surface area contributed by atoms with E-state index in [0.29, 0.717) is 31.0 Å². The lowest BCUT2D eigenvalue weighted by molar-refractivity contribution is -0.119. The summed E-state index contributed by atoms with van der Waals surface area (Å²) in [5, 5.41) is 2.63. The molecule has 3 aliphatic rings. The van der Waals surface area contributed by atoms with Gasteiger partial charge in [0.2, 0.25) is 5.91 Å². The molecule has 202 valence electrons. The predicted molar refractivity (Wildman–Crippen MR) is 140 cm³/mol. The number of nitrogens with one attached hydrogen (secondary N) is 1. The second-order valence-electron chi connectivity index (χ2n) is 10.1. The maximum atomic E-state index is 15.1. The Labute approximate surface area is 221 Å². The molecule has 0 bridgehead atoms. The molecule has 2 saturated heterocycles. The highest BCUT2D eigenvalue weighted by Crippen LogP contribution is 2.31. The van der Waals surface area contributed by atoms with E-state index in [1.807, 2.05) is 23.1 Å².